The van der Waals surface area contributed by atoms with Crippen LogP contribution in [0.25, 0.3) is 0 Å². The molecular weight excluding hydrogens is 230 g/mol. The van der Waals surface area contributed by atoms with E-state index in [9.17, 15) is 0 Å². The molecule has 0 spiro atoms. The Morgan fingerprint density at radius 2 is 2.24 bits per heavy atom. The number of hydrogen-bond acceptors (Lipinski definition) is 4. The van der Waals surface area contributed by atoms with Gasteiger partial charge in [-0.1, -0.05) is 20.8 Å². The zero-order valence-corrected chi connectivity index (χ0v) is 12.3. The second-order valence-corrected chi connectivity index (χ2v) is 6.21. The van der Waals surface area contributed by atoms with Gasteiger partial charge in [0.25, 0.3) is 0 Å². The summed E-state index contributed by atoms with van der Waals surface area (Å²) in [5.74, 6) is 0. The van der Waals surface area contributed by atoms with Crippen molar-refractivity contribution in [2.45, 2.75) is 33.7 Å². The van der Waals surface area contributed by atoms with Gasteiger partial charge in [-0.25, -0.2) is 4.98 Å². The summed E-state index contributed by atoms with van der Waals surface area (Å²) in [6.45, 7) is 11.0. The molecule has 3 nitrogen and oxygen atoms in total. The Kier molecular flexibility index (Phi) is 6.09. The Labute approximate surface area is 109 Å². The number of aromatic nitrogens is 1. The molecule has 4 heteroatoms. The predicted octanol–water partition coefficient (Wildman–Crippen LogP) is 2.60. The minimum absolute atomic E-state index is 0.305. The normalized spacial score (nSPS) is 12.3. The molecular formula is C13H25N3S. The topological polar surface area (TPSA) is 28.2 Å². The molecule has 1 heterocycles. The van der Waals surface area contributed by atoms with Crippen molar-refractivity contribution in [2.24, 2.45) is 5.41 Å². The van der Waals surface area contributed by atoms with E-state index < -0.39 is 0 Å². The van der Waals surface area contributed by atoms with Gasteiger partial charge in [-0.3, -0.25) is 4.90 Å². The van der Waals surface area contributed by atoms with Crippen molar-refractivity contribution in [2.75, 3.05) is 26.7 Å². The van der Waals surface area contributed by atoms with Gasteiger partial charge >= 0.3 is 0 Å². The van der Waals surface area contributed by atoms with Crippen LogP contribution in [0.4, 0.5) is 0 Å². The molecule has 0 aromatic carbocycles. The van der Waals surface area contributed by atoms with Crippen LogP contribution in [-0.4, -0.2) is 36.6 Å². The Bertz CT molecular complexity index is 296. The standard InChI is InChI=1S/C13H25N3S/c1-5-6-14-9-13(2,3)10-16(4)7-12-8-17-11-15-12/h8,11,14H,5-7,9-10H2,1-4H3. The summed E-state index contributed by atoms with van der Waals surface area (Å²) in [5.41, 5.74) is 3.38. The smallest absolute Gasteiger partial charge is 0.0795 e. The van der Waals surface area contributed by atoms with Crippen LogP contribution in [0, 0.1) is 5.41 Å². The van der Waals surface area contributed by atoms with E-state index in [4.69, 9.17) is 0 Å². The van der Waals surface area contributed by atoms with Crippen molar-refractivity contribution in [1.82, 2.24) is 15.2 Å². The summed E-state index contributed by atoms with van der Waals surface area (Å²) in [4.78, 5) is 6.67. The fraction of sp³-hybridized carbons (Fsp3) is 0.769. The van der Waals surface area contributed by atoms with Gasteiger partial charge in [0.05, 0.1) is 11.2 Å². The fourth-order valence-corrected chi connectivity index (χ4v) is 2.59. The zero-order valence-electron chi connectivity index (χ0n) is 11.5. The molecule has 0 saturated carbocycles. The quantitative estimate of drug-likeness (QED) is 0.724. The molecule has 0 fully saturated rings. The predicted molar refractivity (Wildman–Crippen MR) is 75.4 cm³/mol. The molecule has 1 N–H and O–H groups in total. The lowest BCUT2D eigenvalue weighted by molar-refractivity contribution is 0.197. The molecule has 1 aromatic rings. The molecule has 0 radical (unpaired) electrons. The largest absolute Gasteiger partial charge is 0.316 e. The van der Waals surface area contributed by atoms with Gasteiger partial charge in [-0.2, -0.15) is 0 Å². The van der Waals surface area contributed by atoms with Crippen molar-refractivity contribution in [3.05, 3.63) is 16.6 Å². The molecule has 0 amide bonds. The van der Waals surface area contributed by atoms with Gasteiger partial charge in [-0.15, -0.1) is 11.3 Å². The number of nitrogens with zero attached hydrogens (tertiary/aromatic N) is 2. The maximum atomic E-state index is 4.32. The highest BCUT2D eigenvalue weighted by Crippen LogP contribution is 2.16. The van der Waals surface area contributed by atoms with Crippen molar-refractivity contribution in [1.29, 1.82) is 0 Å². The van der Waals surface area contributed by atoms with Crippen LogP contribution >= 0.6 is 11.3 Å². The third-order valence-corrected chi connectivity index (χ3v) is 3.28. The number of nitrogens with one attached hydrogen (secondary N) is 1. The van der Waals surface area contributed by atoms with E-state index in [-0.39, 0.29) is 0 Å². The Balaban J connectivity index is 2.30. The third-order valence-electron chi connectivity index (χ3n) is 2.64. The second kappa shape index (κ2) is 7.09. The zero-order chi connectivity index (χ0) is 12.7. The highest BCUT2D eigenvalue weighted by atomic mass is 32.1. The molecule has 17 heavy (non-hydrogen) atoms. The molecule has 0 atom stereocenters. The van der Waals surface area contributed by atoms with Crippen LogP contribution < -0.4 is 5.32 Å². The SMILES string of the molecule is CCCNCC(C)(C)CN(C)Cc1cscn1. The van der Waals surface area contributed by atoms with Crippen molar-refractivity contribution in [3.8, 4) is 0 Å². The lowest BCUT2D eigenvalue weighted by Crippen LogP contribution is -2.39. The first-order valence-corrected chi connectivity index (χ1v) is 7.24. The molecule has 0 bridgehead atoms. The van der Waals surface area contributed by atoms with E-state index in [1.54, 1.807) is 11.3 Å². The molecule has 0 unspecified atom stereocenters. The van der Waals surface area contributed by atoms with Crippen molar-refractivity contribution >= 4 is 11.3 Å². The average Bonchev–Trinajstić information content (AvgIpc) is 2.69. The molecule has 0 aliphatic rings. The van der Waals surface area contributed by atoms with E-state index >= 15 is 0 Å². The average molecular weight is 255 g/mol. The first-order chi connectivity index (χ1) is 8.03. The first-order valence-electron chi connectivity index (χ1n) is 6.30. The Morgan fingerprint density at radius 3 is 2.82 bits per heavy atom. The van der Waals surface area contributed by atoms with E-state index in [1.807, 2.05) is 5.51 Å². The maximum Gasteiger partial charge on any atom is 0.0795 e. The van der Waals surface area contributed by atoms with E-state index in [2.05, 4.69) is 48.4 Å². The second-order valence-electron chi connectivity index (χ2n) is 5.49. The number of rotatable bonds is 8. The van der Waals surface area contributed by atoms with Gasteiger partial charge in [-0.05, 0) is 25.4 Å². The van der Waals surface area contributed by atoms with Crippen LogP contribution in [-0.2, 0) is 6.54 Å². The summed E-state index contributed by atoms with van der Waals surface area (Å²) < 4.78 is 0. The minimum Gasteiger partial charge on any atom is -0.316 e. The summed E-state index contributed by atoms with van der Waals surface area (Å²) in [6.07, 6.45) is 1.20. The molecule has 1 aromatic heterocycles. The van der Waals surface area contributed by atoms with Gasteiger partial charge < -0.3 is 5.32 Å². The number of hydrogen-bond donors (Lipinski definition) is 1. The fourth-order valence-electron chi connectivity index (χ4n) is 2.04. The third kappa shape index (κ3) is 6.15. The van der Waals surface area contributed by atoms with Gasteiger partial charge in [0.15, 0.2) is 0 Å². The van der Waals surface area contributed by atoms with Crippen LogP contribution in [0.1, 0.15) is 32.9 Å². The Morgan fingerprint density at radius 1 is 1.47 bits per heavy atom. The molecule has 1 rings (SSSR count). The van der Waals surface area contributed by atoms with Crippen LogP contribution in [0.5, 0.6) is 0 Å². The van der Waals surface area contributed by atoms with Crippen LogP contribution in [0.2, 0.25) is 0 Å². The molecule has 0 saturated heterocycles. The molecule has 0 aliphatic heterocycles. The van der Waals surface area contributed by atoms with Gasteiger partial charge in [0.1, 0.15) is 0 Å². The van der Waals surface area contributed by atoms with E-state index in [0.717, 1.165) is 26.2 Å². The van der Waals surface area contributed by atoms with Crippen molar-refractivity contribution < 1.29 is 0 Å². The maximum absolute atomic E-state index is 4.32. The van der Waals surface area contributed by atoms with E-state index in [0.29, 0.717) is 5.41 Å². The minimum atomic E-state index is 0.305. The highest BCUT2D eigenvalue weighted by Gasteiger charge is 2.19. The summed E-state index contributed by atoms with van der Waals surface area (Å²) in [6, 6.07) is 0. The number of thiazole rings is 1. The summed E-state index contributed by atoms with van der Waals surface area (Å²) >= 11 is 1.67. The lowest BCUT2D eigenvalue weighted by atomic mass is 9.92. The van der Waals surface area contributed by atoms with E-state index in [1.165, 1.54) is 12.1 Å². The monoisotopic (exact) mass is 255 g/mol. The van der Waals surface area contributed by atoms with Crippen LogP contribution in [0.3, 0.4) is 0 Å². The lowest BCUT2D eigenvalue weighted by Gasteiger charge is -2.30. The van der Waals surface area contributed by atoms with Gasteiger partial charge in [0.2, 0.25) is 0 Å². The summed E-state index contributed by atoms with van der Waals surface area (Å²) in [7, 11) is 2.17. The Hall–Kier alpha value is -0.450. The highest BCUT2D eigenvalue weighted by molar-refractivity contribution is 7.07. The molecule has 98 valence electrons. The summed E-state index contributed by atoms with van der Waals surface area (Å²) in [5, 5.41) is 5.62. The molecule has 0 aliphatic carbocycles. The first kappa shape index (κ1) is 14.6. The van der Waals surface area contributed by atoms with Gasteiger partial charge in [0, 0.05) is 25.0 Å². The van der Waals surface area contributed by atoms with Crippen LogP contribution in [0.15, 0.2) is 10.9 Å². The van der Waals surface area contributed by atoms with Crippen molar-refractivity contribution in [3.63, 3.8) is 0 Å².